The maximum Gasteiger partial charge on any atom is 0.308 e. The van der Waals surface area contributed by atoms with E-state index in [-0.39, 0.29) is 18.4 Å². The summed E-state index contributed by atoms with van der Waals surface area (Å²) < 4.78 is 15.7. The van der Waals surface area contributed by atoms with Crippen molar-refractivity contribution >= 4 is 5.97 Å². The number of hydrogen-bond donors (Lipinski definition) is 1. The smallest absolute Gasteiger partial charge is 0.308 e. The zero-order valence-corrected chi connectivity index (χ0v) is 11.3. The number of hydrogen-bond acceptors (Lipinski definition) is 5. The van der Waals surface area contributed by atoms with Crippen molar-refractivity contribution in [3.8, 4) is 11.5 Å². The van der Waals surface area contributed by atoms with Crippen molar-refractivity contribution in [3.05, 3.63) is 23.8 Å². The minimum absolute atomic E-state index is 0.245. The van der Waals surface area contributed by atoms with Crippen LogP contribution in [-0.2, 0) is 9.53 Å². The average Bonchev–Trinajstić information content (AvgIpc) is 2.82. The number of carbonyl (C=O) groups excluding carboxylic acids is 1. The summed E-state index contributed by atoms with van der Waals surface area (Å²) in [5, 5.41) is 3.36. The van der Waals surface area contributed by atoms with Gasteiger partial charge in [0.15, 0.2) is 0 Å². The number of carbonyl (C=O) groups is 1. The molecule has 0 saturated heterocycles. The summed E-state index contributed by atoms with van der Waals surface area (Å²) in [6, 6.07) is 6.02. The summed E-state index contributed by atoms with van der Waals surface area (Å²) in [5.74, 6) is 1.28. The van der Waals surface area contributed by atoms with Gasteiger partial charge >= 0.3 is 5.97 Å². The molecule has 0 bridgehead atoms. The molecule has 0 aliphatic carbocycles. The Hall–Kier alpha value is -1.75. The third kappa shape index (κ3) is 3.38. The maximum atomic E-state index is 11.0. The molecule has 1 aliphatic rings. The Morgan fingerprint density at radius 1 is 1.53 bits per heavy atom. The van der Waals surface area contributed by atoms with Crippen molar-refractivity contribution in [2.75, 3.05) is 26.9 Å². The number of methoxy groups -OCH3 is 1. The summed E-state index contributed by atoms with van der Waals surface area (Å²) >= 11 is 0. The molecule has 1 aliphatic heterocycles. The molecule has 1 aromatic rings. The van der Waals surface area contributed by atoms with Crippen LogP contribution in [-0.4, -0.2) is 32.8 Å². The van der Waals surface area contributed by atoms with Crippen LogP contribution in [0.5, 0.6) is 11.5 Å². The van der Waals surface area contributed by atoms with Gasteiger partial charge in [-0.25, -0.2) is 0 Å². The summed E-state index contributed by atoms with van der Waals surface area (Å²) in [5.41, 5.74) is 1.15. The molecule has 0 saturated carbocycles. The summed E-state index contributed by atoms with van der Waals surface area (Å²) in [6.45, 7) is 3.93. The lowest BCUT2D eigenvalue weighted by molar-refractivity contribution is -0.141. The minimum atomic E-state index is -0.274. The molecule has 104 valence electrons. The molecule has 0 fully saturated rings. The highest BCUT2D eigenvalue weighted by molar-refractivity contribution is 5.69. The van der Waals surface area contributed by atoms with Gasteiger partial charge in [-0.3, -0.25) is 4.79 Å². The van der Waals surface area contributed by atoms with Crippen LogP contribution in [0.15, 0.2) is 18.2 Å². The fourth-order valence-corrected chi connectivity index (χ4v) is 2.05. The van der Waals surface area contributed by atoms with Crippen LogP contribution in [0.3, 0.4) is 0 Å². The second-order valence-corrected chi connectivity index (χ2v) is 4.30. The quantitative estimate of drug-likeness (QED) is 0.793. The van der Waals surface area contributed by atoms with Crippen molar-refractivity contribution < 1.29 is 19.0 Å². The molecular formula is C14H19NO4. The first-order chi connectivity index (χ1) is 9.24. The van der Waals surface area contributed by atoms with Crippen molar-refractivity contribution in [1.29, 1.82) is 0 Å². The van der Waals surface area contributed by atoms with Gasteiger partial charge in [0.05, 0.1) is 26.2 Å². The number of ether oxygens (including phenoxy) is 3. The van der Waals surface area contributed by atoms with E-state index < -0.39 is 0 Å². The zero-order chi connectivity index (χ0) is 13.7. The minimum Gasteiger partial charge on any atom is -0.493 e. The van der Waals surface area contributed by atoms with Gasteiger partial charge in [-0.05, 0) is 18.7 Å². The van der Waals surface area contributed by atoms with E-state index in [0.29, 0.717) is 19.0 Å². The number of esters is 1. The predicted octanol–water partition coefficient (Wildman–Crippen LogP) is 1.67. The number of fused-ring (bicyclic) bond motifs is 1. The second kappa shape index (κ2) is 6.43. The van der Waals surface area contributed by atoms with Crippen LogP contribution in [0.25, 0.3) is 0 Å². The van der Waals surface area contributed by atoms with E-state index in [1.807, 2.05) is 18.2 Å². The van der Waals surface area contributed by atoms with Crippen LogP contribution >= 0.6 is 0 Å². The lowest BCUT2D eigenvalue weighted by atomic mass is 10.1. The molecule has 5 nitrogen and oxygen atoms in total. The summed E-state index contributed by atoms with van der Waals surface area (Å²) in [4.78, 5) is 11.0. The van der Waals surface area contributed by atoms with E-state index >= 15 is 0 Å². The van der Waals surface area contributed by atoms with Gasteiger partial charge in [0.25, 0.3) is 0 Å². The van der Waals surface area contributed by atoms with E-state index in [1.165, 1.54) is 7.11 Å². The van der Waals surface area contributed by atoms with Gasteiger partial charge in [-0.2, -0.15) is 0 Å². The van der Waals surface area contributed by atoms with E-state index in [9.17, 15) is 4.79 Å². The van der Waals surface area contributed by atoms with Crippen LogP contribution in [0.4, 0.5) is 0 Å². The molecule has 1 heterocycles. The second-order valence-electron chi connectivity index (χ2n) is 4.30. The molecule has 0 spiro atoms. The largest absolute Gasteiger partial charge is 0.493 e. The van der Waals surface area contributed by atoms with Crippen molar-refractivity contribution in [2.45, 2.75) is 19.4 Å². The van der Waals surface area contributed by atoms with Crippen LogP contribution in [0, 0.1) is 0 Å². The molecule has 0 aromatic heterocycles. The fraction of sp³-hybridized carbons (Fsp3) is 0.500. The topological polar surface area (TPSA) is 56.8 Å². The maximum absolute atomic E-state index is 11.0. The lowest BCUT2D eigenvalue weighted by Crippen LogP contribution is -2.21. The molecule has 1 unspecified atom stereocenters. The third-order valence-corrected chi connectivity index (χ3v) is 3.02. The Kier molecular flexibility index (Phi) is 4.63. The highest BCUT2D eigenvalue weighted by Crippen LogP contribution is 2.35. The molecule has 19 heavy (non-hydrogen) atoms. The fourth-order valence-electron chi connectivity index (χ4n) is 2.05. The molecule has 1 aromatic carbocycles. The third-order valence-electron chi connectivity index (χ3n) is 3.02. The Morgan fingerprint density at radius 3 is 3.11 bits per heavy atom. The number of benzene rings is 1. The molecule has 1 N–H and O–H groups in total. The van der Waals surface area contributed by atoms with Gasteiger partial charge in [0.1, 0.15) is 18.1 Å². The molecule has 0 amide bonds. The number of likely N-dealkylation sites (N-methyl/N-ethyl adjacent to an activating group) is 1. The van der Waals surface area contributed by atoms with Crippen LogP contribution in [0.2, 0.25) is 0 Å². The van der Waals surface area contributed by atoms with Crippen LogP contribution in [0.1, 0.15) is 24.9 Å². The van der Waals surface area contributed by atoms with Crippen molar-refractivity contribution in [3.63, 3.8) is 0 Å². The highest BCUT2D eigenvalue weighted by Gasteiger charge is 2.23. The summed E-state index contributed by atoms with van der Waals surface area (Å²) in [7, 11) is 1.37. The molecule has 0 radical (unpaired) electrons. The number of rotatable bonds is 6. The van der Waals surface area contributed by atoms with Gasteiger partial charge in [0, 0.05) is 11.6 Å². The van der Waals surface area contributed by atoms with Gasteiger partial charge in [-0.1, -0.05) is 6.92 Å². The summed E-state index contributed by atoms with van der Waals surface area (Å²) in [6.07, 6.45) is 0.245. The molecule has 5 heteroatoms. The zero-order valence-electron chi connectivity index (χ0n) is 11.3. The van der Waals surface area contributed by atoms with E-state index in [4.69, 9.17) is 9.47 Å². The highest BCUT2D eigenvalue weighted by atomic mass is 16.5. The van der Waals surface area contributed by atoms with Gasteiger partial charge in [0.2, 0.25) is 0 Å². The number of nitrogens with one attached hydrogen (secondary N) is 1. The monoisotopic (exact) mass is 265 g/mol. The first kappa shape index (κ1) is 13.7. The Morgan fingerprint density at radius 2 is 2.37 bits per heavy atom. The van der Waals surface area contributed by atoms with Crippen molar-refractivity contribution in [2.24, 2.45) is 0 Å². The van der Waals surface area contributed by atoms with E-state index in [0.717, 1.165) is 17.9 Å². The Labute approximate surface area is 112 Å². The first-order valence-corrected chi connectivity index (χ1v) is 6.44. The average molecular weight is 265 g/mol. The first-order valence-electron chi connectivity index (χ1n) is 6.44. The molecular weight excluding hydrogens is 246 g/mol. The Bertz CT molecular complexity index is 447. The normalized spacial score (nSPS) is 16.6. The van der Waals surface area contributed by atoms with Crippen molar-refractivity contribution in [1.82, 2.24) is 5.32 Å². The SMILES string of the molecule is CCNC1COc2cc(OCCC(=O)OC)ccc21. The van der Waals surface area contributed by atoms with Gasteiger partial charge < -0.3 is 19.5 Å². The predicted molar refractivity (Wildman–Crippen MR) is 70.5 cm³/mol. The molecule has 1 atom stereocenters. The van der Waals surface area contributed by atoms with E-state index in [2.05, 4.69) is 17.0 Å². The van der Waals surface area contributed by atoms with Crippen LogP contribution < -0.4 is 14.8 Å². The molecule has 2 rings (SSSR count). The standard InChI is InChI=1S/C14H19NO4/c1-3-15-12-9-19-13-8-10(4-5-11(12)13)18-7-6-14(16)17-2/h4-5,8,12,15H,3,6-7,9H2,1-2H3. The Balaban J connectivity index is 1.93. The van der Waals surface area contributed by atoms with Gasteiger partial charge in [-0.15, -0.1) is 0 Å². The lowest BCUT2D eigenvalue weighted by Gasteiger charge is -2.10. The van der Waals surface area contributed by atoms with E-state index in [1.54, 1.807) is 0 Å².